The highest BCUT2D eigenvalue weighted by atomic mass is 19.4. The van der Waals surface area contributed by atoms with E-state index in [1.165, 1.54) is 4.98 Å². The molecule has 0 saturated carbocycles. The van der Waals surface area contributed by atoms with Gasteiger partial charge in [0.25, 0.3) is 11.4 Å². The number of nitrogens with zero attached hydrogens (tertiary/aromatic N) is 5. The normalized spacial score (nSPS) is 15.3. The number of anilines is 1. The summed E-state index contributed by atoms with van der Waals surface area (Å²) < 4.78 is 269. The number of halogens is 20. The van der Waals surface area contributed by atoms with Gasteiger partial charge in [0.05, 0.1) is 7.05 Å². The summed E-state index contributed by atoms with van der Waals surface area (Å²) in [6.07, 6.45) is -48.7. The molecule has 0 saturated heterocycles. The van der Waals surface area contributed by atoms with Gasteiger partial charge in [-0.05, 0) is 0 Å². The van der Waals surface area contributed by atoms with Crippen LogP contribution in [0.5, 0.6) is 0 Å². The molecule has 0 N–H and O–H groups in total. The van der Waals surface area contributed by atoms with E-state index in [4.69, 9.17) is 0 Å². The summed E-state index contributed by atoms with van der Waals surface area (Å²) in [5.41, 5.74) is -16.0. The zero-order valence-electron chi connectivity index (χ0n) is 17.6. The molecule has 1 rings (SSSR count). The zero-order valence-corrected chi connectivity index (χ0v) is 17.6. The minimum atomic E-state index is -8.43. The number of nitro groups is 1. The highest BCUT2D eigenvalue weighted by Crippen LogP contribution is 2.64. The minimum absolute atomic E-state index is 0.385. The van der Waals surface area contributed by atoms with E-state index in [0.29, 0.717) is 0 Å². The predicted molar refractivity (Wildman–Crippen MR) is 79.9 cm³/mol. The summed E-state index contributed by atoms with van der Waals surface area (Å²) in [6, 6.07) is 0. The van der Waals surface area contributed by atoms with Gasteiger partial charge in [-0.15, -0.1) is 0 Å². The molecule has 0 bridgehead atoms. The average Bonchev–Trinajstić information content (AvgIpc) is 2.60. The van der Waals surface area contributed by atoms with Gasteiger partial charge in [0, 0.05) is 0 Å². The highest BCUT2D eigenvalue weighted by Gasteiger charge is 2.92. The van der Waals surface area contributed by atoms with Crippen LogP contribution in [0, 0.1) is 10.1 Å². The van der Waals surface area contributed by atoms with E-state index >= 15 is 0 Å². The van der Waals surface area contributed by atoms with Crippen molar-refractivity contribution in [2.45, 2.75) is 53.8 Å². The van der Waals surface area contributed by atoms with Crippen molar-refractivity contribution < 1.29 is 92.8 Å². The Morgan fingerprint density at radius 2 is 0.800 bits per heavy atom. The Morgan fingerprint density at radius 3 is 1.02 bits per heavy atom. The number of hydrazine groups is 1. The molecule has 1 aromatic heterocycles. The largest absolute Gasteiger partial charge is 0.455 e. The van der Waals surface area contributed by atoms with Crippen molar-refractivity contribution in [1.82, 2.24) is 15.0 Å². The van der Waals surface area contributed by atoms with Crippen molar-refractivity contribution in [2.24, 2.45) is 0 Å². The topological polar surface area (TPSA) is 85.0 Å². The summed E-state index contributed by atoms with van der Waals surface area (Å²) in [7, 11) is -0.385. The molecule has 232 valence electrons. The molecule has 1 heterocycles. The van der Waals surface area contributed by atoms with E-state index in [9.17, 15) is 97.9 Å². The fourth-order valence-electron chi connectivity index (χ4n) is 2.90. The molecule has 0 fully saturated rings. The van der Waals surface area contributed by atoms with Crippen LogP contribution in [0.2, 0.25) is 0 Å². The lowest BCUT2D eigenvalue weighted by Crippen LogP contribution is -2.70. The molecule has 0 spiro atoms. The van der Waals surface area contributed by atoms with Crippen molar-refractivity contribution in [1.29, 1.82) is 0 Å². The lowest BCUT2D eigenvalue weighted by Gasteiger charge is -2.42. The number of hydrogen-bond donors (Lipinski definition) is 0. The van der Waals surface area contributed by atoms with E-state index in [0.717, 1.165) is 4.98 Å². The molecule has 0 radical (unpaired) electrons. The third-order valence-electron chi connectivity index (χ3n) is 4.78. The fourth-order valence-corrected chi connectivity index (χ4v) is 2.90. The molecule has 40 heavy (non-hydrogen) atoms. The van der Waals surface area contributed by atoms with Crippen molar-refractivity contribution >= 4 is 5.95 Å². The lowest BCUT2D eigenvalue weighted by atomic mass is 9.77. The van der Waals surface area contributed by atoms with Crippen LogP contribution in [0.1, 0.15) is 11.6 Å². The van der Waals surface area contributed by atoms with Crippen LogP contribution in [0.15, 0.2) is 0 Å². The molecule has 27 heteroatoms. The first-order valence-electron chi connectivity index (χ1n) is 8.61. The summed E-state index contributed by atoms with van der Waals surface area (Å²) in [4.78, 5) is 14.9. The summed E-state index contributed by atoms with van der Waals surface area (Å²) in [5, 5.41) is 7.08. The Kier molecular flexibility index (Phi) is 7.98. The van der Waals surface area contributed by atoms with Crippen LogP contribution in [0.3, 0.4) is 0 Å². The van der Waals surface area contributed by atoms with E-state index in [-0.39, 0.29) is 7.05 Å². The van der Waals surface area contributed by atoms with E-state index in [2.05, 4.69) is 0 Å². The maximum Gasteiger partial charge on any atom is 0.455 e. The van der Waals surface area contributed by atoms with Crippen LogP contribution in [-0.2, 0) is 10.8 Å². The molecule has 0 aliphatic heterocycles. The monoisotopic (exact) mass is 641 g/mol. The average molecular weight is 641 g/mol. The third kappa shape index (κ3) is 4.72. The van der Waals surface area contributed by atoms with Gasteiger partial charge in [0.15, 0.2) is 16.7 Å². The number of alkyl halides is 20. The Balaban J connectivity index is 4.86. The second-order valence-corrected chi connectivity index (χ2v) is 7.11. The quantitative estimate of drug-likeness (QED) is 0.224. The first-order chi connectivity index (χ1) is 17.2. The lowest BCUT2D eigenvalue weighted by molar-refractivity contribution is -0.491. The third-order valence-corrected chi connectivity index (χ3v) is 4.78. The van der Waals surface area contributed by atoms with Crippen molar-refractivity contribution in [3.63, 3.8) is 0 Å². The Hall–Kier alpha value is -3.19. The molecule has 1 aromatic rings. The van der Waals surface area contributed by atoms with Crippen LogP contribution < -0.4 is 5.01 Å². The number of aromatic nitrogens is 3. The molecule has 0 aliphatic carbocycles. The van der Waals surface area contributed by atoms with Gasteiger partial charge >= 0.3 is 48.4 Å². The molecule has 0 aliphatic rings. The maximum atomic E-state index is 14.1. The van der Waals surface area contributed by atoms with Gasteiger partial charge in [0.1, 0.15) is 0 Å². The first-order valence-corrected chi connectivity index (χ1v) is 8.61. The molecule has 0 unspecified atom stereocenters. The smallest absolute Gasteiger partial charge is 0.234 e. The van der Waals surface area contributed by atoms with Crippen LogP contribution in [0.4, 0.5) is 93.8 Å². The van der Waals surface area contributed by atoms with Crippen LogP contribution >= 0.6 is 0 Å². The number of hydrogen-bond acceptors (Lipinski definition) is 5. The minimum Gasteiger partial charge on any atom is -0.234 e. The molecular formula is C13H3F20N5O2. The van der Waals surface area contributed by atoms with E-state index < -0.39 is 81.4 Å². The Labute approximate surface area is 202 Å². The first kappa shape index (κ1) is 34.8. The van der Waals surface area contributed by atoms with E-state index in [1.54, 1.807) is 4.98 Å². The molecular weight excluding hydrogens is 638 g/mol. The summed E-state index contributed by atoms with van der Waals surface area (Å²) >= 11 is 0. The van der Waals surface area contributed by atoms with Gasteiger partial charge in [-0.1, -0.05) is 5.01 Å². The second-order valence-electron chi connectivity index (χ2n) is 7.11. The van der Waals surface area contributed by atoms with Gasteiger partial charge in [-0.25, -0.2) is 15.1 Å². The van der Waals surface area contributed by atoms with Gasteiger partial charge in [-0.3, -0.25) is 0 Å². The fraction of sp³-hybridized carbons (Fsp3) is 0.769. The summed E-state index contributed by atoms with van der Waals surface area (Å²) in [6.45, 7) is 0. The Bertz CT molecular complexity index is 1060. The molecule has 7 nitrogen and oxygen atoms in total. The van der Waals surface area contributed by atoms with Crippen LogP contribution in [0.25, 0.3) is 0 Å². The van der Waals surface area contributed by atoms with E-state index in [1.807, 2.05) is 0 Å². The maximum absolute atomic E-state index is 14.1. The van der Waals surface area contributed by atoms with Gasteiger partial charge in [-0.2, -0.15) is 97.8 Å². The Morgan fingerprint density at radius 1 is 0.525 bits per heavy atom. The van der Waals surface area contributed by atoms with Crippen LogP contribution in [-0.4, -0.2) is 70.0 Å². The predicted octanol–water partition coefficient (Wildman–Crippen LogP) is 5.98. The van der Waals surface area contributed by atoms with Crippen molar-refractivity contribution in [3.8, 4) is 0 Å². The van der Waals surface area contributed by atoms with Gasteiger partial charge in [0.2, 0.25) is 0 Å². The van der Waals surface area contributed by atoms with Gasteiger partial charge < -0.3 is 0 Å². The molecule has 0 atom stereocenters. The standard InChI is InChI=1S/C13H3F20N5O2/c1-37(38(39)40)4-35-2(5(8(16,17)18,9(19,20)21)7(14,15)13(31,32)33)34-3(36-4)6(10(22,23)24,11(25,26)27)12(28,29)30/h1H3. The zero-order chi connectivity index (χ0) is 32.5. The summed E-state index contributed by atoms with van der Waals surface area (Å²) in [5.74, 6) is -20.6. The molecule has 0 amide bonds. The van der Waals surface area contributed by atoms with Crippen molar-refractivity contribution in [2.75, 3.05) is 12.1 Å². The number of rotatable bonds is 5. The SMILES string of the molecule is CN(c1nc(C(C(F)(F)F)(C(F)(F)F)C(F)(F)F)nc(C(C(F)(F)F)(C(F)(F)F)C(F)(F)C(F)(F)F)n1)[N+](=O)[O-]. The highest BCUT2D eigenvalue weighted by molar-refractivity contribution is 5.35. The molecule has 0 aromatic carbocycles. The van der Waals surface area contributed by atoms with Crippen molar-refractivity contribution in [3.05, 3.63) is 21.8 Å². The second kappa shape index (κ2) is 9.16.